The Balaban J connectivity index is 1.31. The number of hydrogen-bond donors (Lipinski definition) is 1. The number of piperazine rings is 1. The van der Waals surface area contributed by atoms with Crippen LogP contribution in [0.2, 0.25) is 0 Å². The zero-order valence-electron chi connectivity index (χ0n) is 19.9. The fraction of sp³-hybridized carbons (Fsp3) is 0.480. The Morgan fingerprint density at radius 3 is 2.32 bits per heavy atom. The van der Waals surface area contributed by atoms with Crippen LogP contribution in [-0.2, 0) is 21.4 Å². The van der Waals surface area contributed by atoms with Gasteiger partial charge >= 0.3 is 0 Å². The molecule has 1 atom stereocenters. The lowest BCUT2D eigenvalue weighted by Crippen LogP contribution is -2.45. The van der Waals surface area contributed by atoms with Crippen LogP contribution in [0, 0.1) is 5.92 Å². The van der Waals surface area contributed by atoms with Gasteiger partial charge in [0.05, 0.1) is 17.9 Å². The highest BCUT2D eigenvalue weighted by Crippen LogP contribution is 2.25. The third-order valence-electron chi connectivity index (χ3n) is 6.72. The van der Waals surface area contributed by atoms with Gasteiger partial charge in [-0.25, -0.2) is 8.42 Å². The fourth-order valence-corrected chi connectivity index (χ4v) is 6.02. The molecule has 0 saturated carbocycles. The summed E-state index contributed by atoms with van der Waals surface area (Å²) in [7, 11) is 0.0335. The Hall–Kier alpha value is -2.62. The Morgan fingerprint density at radius 2 is 1.68 bits per heavy atom. The Kier molecular flexibility index (Phi) is 7.75. The summed E-state index contributed by atoms with van der Waals surface area (Å²) in [5.74, 6) is 0.149. The first-order valence-electron chi connectivity index (χ1n) is 11.8. The molecule has 0 radical (unpaired) electrons. The van der Waals surface area contributed by atoms with Crippen molar-refractivity contribution in [1.82, 2.24) is 14.5 Å². The molecule has 1 amide bonds. The highest BCUT2D eigenvalue weighted by atomic mass is 32.2. The number of nitrogens with zero attached hydrogens (tertiary/aromatic N) is 3. The summed E-state index contributed by atoms with van der Waals surface area (Å²) in [5, 5.41) is 3.00. The number of carbonyl (C=O) groups is 1. The molecule has 4 rings (SSSR count). The molecule has 2 saturated heterocycles. The first-order valence-corrected chi connectivity index (χ1v) is 13.2. The molecule has 2 aliphatic rings. The second-order valence-corrected chi connectivity index (χ2v) is 11.0. The van der Waals surface area contributed by atoms with E-state index in [1.54, 1.807) is 31.4 Å². The van der Waals surface area contributed by atoms with E-state index in [-0.39, 0.29) is 23.3 Å². The minimum atomic E-state index is -3.65. The van der Waals surface area contributed by atoms with Crippen molar-refractivity contribution >= 4 is 21.6 Å². The topological polar surface area (TPSA) is 82.2 Å². The first-order chi connectivity index (χ1) is 16.4. The summed E-state index contributed by atoms with van der Waals surface area (Å²) < 4.78 is 32.7. The van der Waals surface area contributed by atoms with E-state index in [9.17, 15) is 13.2 Å². The molecule has 1 N–H and O–H groups in total. The second kappa shape index (κ2) is 10.8. The number of piperidine rings is 1. The number of carbonyl (C=O) groups excluding carboxylic acids is 1. The third-order valence-corrected chi connectivity index (χ3v) is 8.60. The maximum Gasteiger partial charge on any atom is 0.243 e. The van der Waals surface area contributed by atoms with Gasteiger partial charge in [-0.2, -0.15) is 4.31 Å². The molecule has 2 heterocycles. The van der Waals surface area contributed by atoms with Crippen molar-refractivity contribution < 1.29 is 17.9 Å². The van der Waals surface area contributed by atoms with Crippen molar-refractivity contribution in [3.63, 3.8) is 0 Å². The smallest absolute Gasteiger partial charge is 0.243 e. The van der Waals surface area contributed by atoms with Crippen LogP contribution in [-0.4, -0.2) is 77.0 Å². The van der Waals surface area contributed by atoms with E-state index >= 15 is 0 Å². The highest BCUT2D eigenvalue weighted by Gasteiger charge is 2.33. The molecule has 0 aliphatic carbocycles. The van der Waals surface area contributed by atoms with E-state index in [1.807, 2.05) is 0 Å². The van der Waals surface area contributed by atoms with E-state index in [0.717, 1.165) is 31.7 Å². The Labute approximate surface area is 202 Å². The van der Waals surface area contributed by atoms with E-state index in [2.05, 4.69) is 46.4 Å². The number of sulfonamides is 1. The van der Waals surface area contributed by atoms with Gasteiger partial charge < -0.3 is 19.9 Å². The average Bonchev–Trinajstić information content (AvgIpc) is 2.88. The van der Waals surface area contributed by atoms with Crippen molar-refractivity contribution in [3.8, 4) is 5.75 Å². The number of anilines is 1. The van der Waals surface area contributed by atoms with E-state index in [4.69, 9.17) is 4.74 Å². The van der Waals surface area contributed by atoms with Gasteiger partial charge in [-0.05, 0) is 61.9 Å². The molecule has 0 unspecified atom stereocenters. The van der Waals surface area contributed by atoms with Crippen LogP contribution in [0.5, 0.6) is 5.75 Å². The van der Waals surface area contributed by atoms with E-state index < -0.39 is 10.0 Å². The molecule has 34 heavy (non-hydrogen) atoms. The molecular weight excluding hydrogens is 452 g/mol. The number of ether oxygens (including phenoxy) is 1. The summed E-state index contributed by atoms with van der Waals surface area (Å²) >= 11 is 0. The molecule has 0 aromatic heterocycles. The normalized spacial score (nSPS) is 20.2. The van der Waals surface area contributed by atoms with Crippen LogP contribution in [0.25, 0.3) is 0 Å². The lowest BCUT2D eigenvalue weighted by molar-refractivity contribution is -0.126. The fourth-order valence-electron chi connectivity index (χ4n) is 4.49. The number of likely N-dealkylation sites (N-methyl/N-ethyl adjacent to an activating group) is 1. The maximum absolute atomic E-state index is 13.1. The van der Waals surface area contributed by atoms with Gasteiger partial charge in [0.15, 0.2) is 0 Å². The zero-order valence-corrected chi connectivity index (χ0v) is 20.8. The number of rotatable bonds is 7. The molecule has 9 heteroatoms. The van der Waals surface area contributed by atoms with Crippen molar-refractivity contribution in [3.05, 3.63) is 54.1 Å². The predicted octanol–water partition coefficient (Wildman–Crippen LogP) is 2.16. The van der Waals surface area contributed by atoms with Crippen molar-refractivity contribution in [2.45, 2.75) is 24.3 Å². The molecule has 2 fully saturated rings. The molecule has 2 aliphatic heterocycles. The number of amides is 1. The van der Waals surface area contributed by atoms with Crippen molar-refractivity contribution in [2.75, 3.05) is 58.3 Å². The molecule has 0 bridgehead atoms. The molecule has 0 spiro atoms. The van der Waals surface area contributed by atoms with Gasteiger partial charge in [-0.1, -0.05) is 12.1 Å². The molecular formula is C25H34N4O4S. The van der Waals surface area contributed by atoms with Crippen LogP contribution in [0.1, 0.15) is 18.4 Å². The predicted molar refractivity (Wildman–Crippen MR) is 132 cm³/mol. The highest BCUT2D eigenvalue weighted by molar-refractivity contribution is 7.89. The number of hydrogen-bond acceptors (Lipinski definition) is 6. The quantitative estimate of drug-likeness (QED) is 0.646. The van der Waals surface area contributed by atoms with Crippen LogP contribution < -0.4 is 15.0 Å². The van der Waals surface area contributed by atoms with Gasteiger partial charge in [0.2, 0.25) is 15.9 Å². The van der Waals surface area contributed by atoms with Gasteiger partial charge in [0, 0.05) is 51.5 Å². The summed E-state index contributed by atoms with van der Waals surface area (Å²) in [5.41, 5.74) is 2.24. The number of benzene rings is 2. The Morgan fingerprint density at radius 1 is 1.00 bits per heavy atom. The molecule has 184 valence electrons. The van der Waals surface area contributed by atoms with Gasteiger partial charge in [0.1, 0.15) is 5.75 Å². The largest absolute Gasteiger partial charge is 0.497 e. The molecule has 8 nitrogen and oxygen atoms in total. The second-order valence-electron chi connectivity index (χ2n) is 9.05. The minimum absolute atomic E-state index is 0.0993. The lowest BCUT2D eigenvalue weighted by Gasteiger charge is -2.34. The van der Waals surface area contributed by atoms with Crippen LogP contribution in [0.4, 0.5) is 5.69 Å². The summed E-state index contributed by atoms with van der Waals surface area (Å²) in [4.78, 5) is 17.8. The van der Waals surface area contributed by atoms with Crippen molar-refractivity contribution in [2.24, 2.45) is 5.92 Å². The van der Waals surface area contributed by atoms with E-state index in [0.29, 0.717) is 31.7 Å². The standard InChI is InChI=1S/C25H34N4O4S/c1-27-14-16-28(17-15-27)22-7-5-20(6-8-22)18-26-25(30)21-4-3-13-29(19-21)34(31,32)24-11-9-23(33-2)10-12-24/h5-12,21H,3-4,13-19H2,1-2H3,(H,26,30)/t21-/m0/s1. The van der Waals surface area contributed by atoms with Gasteiger partial charge in [0.25, 0.3) is 0 Å². The zero-order chi connectivity index (χ0) is 24.1. The lowest BCUT2D eigenvalue weighted by atomic mass is 9.98. The SMILES string of the molecule is COc1ccc(S(=O)(=O)N2CCC[C@H](C(=O)NCc3ccc(N4CCN(C)CC4)cc3)C2)cc1. The summed E-state index contributed by atoms with van der Waals surface area (Å²) in [6.07, 6.45) is 1.34. The van der Waals surface area contributed by atoms with Crippen LogP contribution in [0.3, 0.4) is 0 Å². The molecule has 2 aromatic rings. The summed E-state index contributed by atoms with van der Waals surface area (Å²) in [6.45, 7) is 5.21. The van der Waals surface area contributed by atoms with Gasteiger partial charge in [-0.3, -0.25) is 4.79 Å². The Bertz CT molecular complexity index is 1070. The van der Waals surface area contributed by atoms with Crippen LogP contribution >= 0.6 is 0 Å². The third kappa shape index (κ3) is 5.71. The maximum atomic E-state index is 13.1. The minimum Gasteiger partial charge on any atom is -0.497 e. The van der Waals surface area contributed by atoms with Crippen molar-refractivity contribution in [1.29, 1.82) is 0 Å². The number of nitrogens with one attached hydrogen (secondary N) is 1. The molecule has 2 aromatic carbocycles. The van der Waals surface area contributed by atoms with E-state index in [1.165, 1.54) is 9.99 Å². The number of methoxy groups -OCH3 is 1. The van der Waals surface area contributed by atoms with Crippen LogP contribution in [0.15, 0.2) is 53.4 Å². The summed E-state index contributed by atoms with van der Waals surface area (Å²) in [6, 6.07) is 14.7. The average molecular weight is 487 g/mol. The monoisotopic (exact) mass is 486 g/mol. The van der Waals surface area contributed by atoms with Gasteiger partial charge in [-0.15, -0.1) is 0 Å². The first kappa shape index (κ1) is 24.5.